The molecule has 0 aliphatic rings. The predicted octanol–water partition coefficient (Wildman–Crippen LogP) is 11.9. The number of allylic oxidation sites excluding steroid dienone is 4. The fraction of sp³-hybridized carbons (Fsp3) is 0.857. The number of aliphatic carboxylic acids is 1. The van der Waals surface area contributed by atoms with Gasteiger partial charge >= 0.3 is 11.9 Å². The van der Waals surface area contributed by atoms with Crippen molar-refractivity contribution in [3.05, 3.63) is 24.3 Å². The summed E-state index contributed by atoms with van der Waals surface area (Å²) < 4.78 is 17.2. The summed E-state index contributed by atoms with van der Waals surface area (Å²) >= 11 is 0. The van der Waals surface area contributed by atoms with Crippen molar-refractivity contribution in [1.82, 2.24) is 0 Å². The van der Waals surface area contributed by atoms with Gasteiger partial charge in [0.2, 0.25) is 0 Å². The van der Waals surface area contributed by atoms with E-state index in [1.54, 1.807) is 21.1 Å². The maximum Gasteiger partial charge on any atom is 0.306 e. The minimum absolute atomic E-state index is 0.0425. The number of carbonyl (C=O) groups is 3. The summed E-state index contributed by atoms with van der Waals surface area (Å²) in [5, 5.41) is 11.6. The van der Waals surface area contributed by atoms with Crippen molar-refractivity contribution in [3.8, 4) is 0 Å². The second-order valence-corrected chi connectivity index (χ2v) is 17.4. The van der Waals surface area contributed by atoms with Crippen LogP contribution in [0.3, 0.4) is 0 Å². The van der Waals surface area contributed by atoms with Crippen molar-refractivity contribution in [2.75, 3.05) is 41.0 Å². The molecule has 0 fully saturated rings. The quantitative estimate of drug-likeness (QED) is 0.0262. The number of quaternary nitrogens is 1. The molecule has 0 radical (unpaired) electrons. The second kappa shape index (κ2) is 40.6. The molecule has 0 saturated heterocycles. The van der Waals surface area contributed by atoms with Crippen LogP contribution in [0.25, 0.3) is 0 Å². The van der Waals surface area contributed by atoms with Crippen LogP contribution in [0.2, 0.25) is 0 Å². The first kappa shape index (κ1) is 54.8. The Morgan fingerprint density at radius 3 is 1.39 bits per heavy atom. The molecule has 0 aromatic carbocycles. The summed E-state index contributed by atoms with van der Waals surface area (Å²) in [5.41, 5.74) is 0. The Balaban J connectivity index is 4.28. The van der Waals surface area contributed by atoms with E-state index in [4.69, 9.17) is 14.2 Å². The van der Waals surface area contributed by atoms with Gasteiger partial charge in [-0.3, -0.25) is 9.59 Å². The predicted molar refractivity (Wildman–Crippen MR) is 236 cm³/mol. The van der Waals surface area contributed by atoms with Crippen molar-refractivity contribution in [2.45, 2.75) is 231 Å². The number of rotatable bonds is 43. The van der Waals surface area contributed by atoms with Gasteiger partial charge in [-0.1, -0.05) is 179 Å². The van der Waals surface area contributed by atoms with E-state index in [9.17, 15) is 19.5 Å². The van der Waals surface area contributed by atoms with Crippen LogP contribution in [-0.4, -0.2) is 75.5 Å². The summed E-state index contributed by atoms with van der Waals surface area (Å²) in [6.07, 6.45) is 44.8. The Morgan fingerprint density at radius 1 is 0.526 bits per heavy atom. The van der Waals surface area contributed by atoms with Gasteiger partial charge in [0.05, 0.1) is 40.3 Å². The highest BCUT2D eigenvalue weighted by Gasteiger charge is 2.25. The van der Waals surface area contributed by atoms with Gasteiger partial charge < -0.3 is 28.6 Å². The third-order valence-corrected chi connectivity index (χ3v) is 10.8. The minimum Gasteiger partial charge on any atom is -0.544 e. The van der Waals surface area contributed by atoms with E-state index in [1.165, 1.54) is 135 Å². The Morgan fingerprint density at radius 2 is 0.930 bits per heavy atom. The van der Waals surface area contributed by atoms with Crippen molar-refractivity contribution in [3.63, 3.8) is 0 Å². The van der Waals surface area contributed by atoms with Gasteiger partial charge in [0.1, 0.15) is 12.6 Å². The molecule has 0 bridgehead atoms. The van der Waals surface area contributed by atoms with Crippen LogP contribution in [0.4, 0.5) is 0 Å². The van der Waals surface area contributed by atoms with Gasteiger partial charge in [-0.15, -0.1) is 0 Å². The number of carboxylic acids is 1. The zero-order chi connectivity index (χ0) is 42.1. The molecule has 2 unspecified atom stereocenters. The Bertz CT molecular complexity index is 989. The maximum absolute atomic E-state index is 12.7. The largest absolute Gasteiger partial charge is 0.544 e. The number of hydrogen-bond donors (Lipinski definition) is 0. The number of unbranched alkanes of at least 4 members (excludes halogenated alkanes) is 25. The van der Waals surface area contributed by atoms with Crippen molar-refractivity contribution >= 4 is 17.9 Å². The fourth-order valence-corrected chi connectivity index (χ4v) is 7.10. The number of carbonyl (C=O) groups excluding carboxylic acids is 3. The Kier molecular flexibility index (Phi) is 39.0. The van der Waals surface area contributed by atoms with Crippen LogP contribution in [0.15, 0.2) is 24.3 Å². The molecule has 0 N–H and O–H groups in total. The van der Waals surface area contributed by atoms with Gasteiger partial charge in [0, 0.05) is 19.3 Å². The highest BCUT2D eigenvalue weighted by Crippen LogP contribution is 2.16. The lowest BCUT2D eigenvalue weighted by Crippen LogP contribution is -2.55. The van der Waals surface area contributed by atoms with E-state index in [2.05, 4.69) is 38.2 Å². The number of hydrogen-bond acceptors (Lipinski definition) is 7. The molecule has 0 saturated carbocycles. The number of esters is 2. The molecule has 0 amide bonds. The minimum atomic E-state index is -1.12. The molecular weight excluding hydrogens is 715 g/mol. The van der Waals surface area contributed by atoms with Crippen molar-refractivity contribution in [2.24, 2.45) is 0 Å². The second-order valence-electron chi connectivity index (χ2n) is 17.4. The smallest absolute Gasteiger partial charge is 0.306 e. The van der Waals surface area contributed by atoms with Crippen LogP contribution in [0.1, 0.15) is 219 Å². The molecule has 0 rings (SSSR count). The summed E-state index contributed by atoms with van der Waals surface area (Å²) in [5.74, 6) is -1.73. The third kappa shape index (κ3) is 39.1. The average molecular weight is 806 g/mol. The van der Waals surface area contributed by atoms with Crippen molar-refractivity contribution < 1.29 is 38.2 Å². The fourth-order valence-electron chi connectivity index (χ4n) is 7.10. The third-order valence-electron chi connectivity index (χ3n) is 10.8. The highest BCUT2D eigenvalue weighted by atomic mass is 16.6. The molecule has 0 heterocycles. The molecule has 8 heteroatoms. The topological polar surface area (TPSA) is 102 Å². The summed E-state index contributed by atoms with van der Waals surface area (Å²) in [6.45, 7) is 4.66. The van der Waals surface area contributed by atoms with Gasteiger partial charge in [-0.25, -0.2) is 0 Å². The first-order chi connectivity index (χ1) is 27.6. The van der Waals surface area contributed by atoms with E-state index >= 15 is 0 Å². The lowest BCUT2D eigenvalue weighted by atomic mass is 10.0. The number of ether oxygens (including phenoxy) is 3. The Labute approximate surface area is 351 Å². The molecule has 8 nitrogen and oxygen atoms in total. The molecule has 334 valence electrons. The zero-order valence-electron chi connectivity index (χ0n) is 38.0. The molecule has 57 heavy (non-hydrogen) atoms. The van der Waals surface area contributed by atoms with E-state index < -0.39 is 18.1 Å². The molecule has 0 aromatic heterocycles. The molecule has 0 spiro atoms. The molecule has 0 aliphatic carbocycles. The number of carboxylic acid groups (broad SMARTS) is 1. The van der Waals surface area contributed by atoms with Crippen LogP contribution in [-0.2, 0) is 28.6 Å². The van der Waals surface area contributed by atoms with E-state index in [-0.39, 0.29) is 42.7 Å². The van der Waals surface area contributed by atoms with Crippen LogP contribution in [0.5, 0.6) is 0 Å². The molecule has 2 atom stereocenters. The standard InChI is InChI=1S/C49H91NO7/c1-6-8-10-12-14-16-18-20-22-24-26-27-29-31-33-35-37-39-47(51)56-44-45(43-55-42-41-46(49(53)54)50(3,4)5)57-48(52)40-38-36-34-32-30-28-25-23-21-19-17-15-13-11-9-7-2/h14,16,20,22,45-46H,6-13,15,17-19,21,23-44H2,1-5H3/b16-14+,22-20+. The molecule has 0 aliphatic heterocycles. The van der Waals surface area contributed by atoms with Crippen LogP contribution < -0.4 is 5.11 Å². The first-order valence-electron chi connectivity index (χ1n) is 23.9. The van der Waals surface area contributed by atoms with Crippen molar-refractivity contribution in [1.29, 1.82) is 0 Å². The summed E-state index contributed by atoms with van der Waals surface area (Å²) in [6, 6.07) is -0.724. The highest BCUT2D eigenvalue weighted by molar-refractivity contribution is 5.70. The van der Waals surface area contributed by atoms with E-state index in [0.717, 1.165) is 51.4 Å². The lowest BCUT2D eigenvalue weighted by Gasteiger charge is -2.34. The maximum atomic E-state index is 12.7. The van der Waals surface area contributed by atoms with Gasteiger partial charge in [-0.05, 0) is 44.9 Å². The summed E-state index contributed by atoms with van der Waals surface area (Å²) in [7, 11) is 5.41. The van der Waals surface area contributed by atoms with Gasteiger partial charge in [0.15, 0.2) is 6.10 Å². The molecular formula is C49H91NO7. The van der Waals surface area contributed by atoms with E-state index in [1.807, 2.05) is 0 Å². The van der Waals surface area contributed by atoms with Crippen LogP contribution in [0, 0.1) is 0 Å². The summed E-state index contributed by atoms with van der Waals surface area (Å²) in [4.78, 5) is 36.9. The Hall–Kier alpha value is -2.19. The van der Waals surface area contributed by atoms with Gasteiger partial charge in [0.25, 0.3) is 0 Å². The first-order valence-corrected chi connectivity index (χ1v) is 23.9. The SMILES string of the molecule is CCCCC/C=C/C/C=C/CCCCCCCCCC(=O)OCC(COCCC(C(=O)[O-])[N+](C)(C)C)OC(=O)CCCCCCCCCCCCCCCCCC. The number of nitrogens with zero attached hydrogens (tertiary/aromatic N) is 1. The lowest BCUT2D eigenvalue weighted by molar-refractivity contribution is -0.889. The van der Waals surface area contributed by atoms with Gasteiger partial charge in [-0.2, -0.15) is 0 Å². The molecule has 0 aromatic rings. The van der Waals surface area contributed by atoms with Crippen LogP contribution >= 0.6 is 0 Å². The normalized spacial score (nSPS) is 13.1. The number of likely N-dealkylation sites (N-methyl/N-ethyl adjacent to an activating group) is 1. The monoisotopic (exact) mass is 806 g/mol. The zero-order valence-corrected chi connectivity index (χ0v) is 38.0. The van der Waals surface area contributed by atoms with E-state index in [0.29, 0.717) is 12.8 Å². The average Bonchev–Trinajstić information content (AvgIpc) is 3.17.